The summed E-state index contributed by atoms with van der Waals surface area (Å²) in [5, 5.41) is 9.37. The number of hydrogen-bond donors (Lipinski definition) is 0. The fourth-order valence-corrected chi connectivity index (χ4v) is 2.81. The molecule has 1 heterocycles. The topological polar surface area (TPSA) is 36.3 Å². The number of rotatable bonds is 3. The van der Waals surface area contributed by atoms with Crippen LogP contribution >= 0.6 is 0 Å². The summed E-state index contributed by atoms with van der Waals surface area (Å²) in [6.45, 7) is 3.03. The van der Waals surface area contributed by atoms with Crippen LogP contribution in [0.5, 0.6) is 0 Å². The van der Waals surface area contributed by atoms with Crippen molar-refractivity contribution in [3.05, 3.63) is 65.2 Å². The summed E-state index contributed by atoms with van der Waals surface area (Å²) >= 11 is 0. The summed E-state index contributed by atoms with van der Waals surface area (Å²) in [7, 11) is 0. The van der Waals surface area contributed by atoms with Crippen molar-refractivity contribution >= 4 is 17.3 Å². The molecule has 0 N–H and O–H groups in total. The molecule has 0 unspecified atom stereocenters. The Labute approximate surface area is 149 Å². The second-order valence-corrected chi connectivity index (χ2v) is 5.94. The summed E-state index contributed by atoms with van der Waals surface area (Å²) in [6.07, 6.45) is -2.84. The molecule has 0 aliphatic carbocycles. The number of benzene rings is 2. The molecule has 0 saturated carbocycles. The molecule has 2 aromatic carbocycles. The van der Waals surface area contributed by atoms with Crippen molar-refractivity contribution in [2.45, 2.75) is 6.18 Å². The Bertz CT molecular complexity index is 829. The quantitative estimate of drug-likeness (QED) is 0.594. The summed E-state index contributed by atoms with van der Waals surface area (Å²) < 4.78 is 43.9. The fraction of sp³-hybridized carbons (Fsp3) is 0.250. The molecule has 1 fully saturated rings. The Kier molecular flexibility index (Phi) is 5.29. The summed E-state index contributed by atoms with van der Waals surface area (Å²) in [5.41, 5.74) is 1.49. The lowest BCUT2D eigenvalue weighted by Crippen LogP contribution is -2.36. The molecule has 1 aliphatic rings. The molecule has 0 bridgehead atoms. The van der Waals surface area contributed by atoms with Gasteiger partial charge in [0.2, 0.25) is 0 Å². The smallest absolute Gasteiger partial charge is 0.378 e. The van der Waals surface area contributed by atoms with E-state index in [-0.39, 0.29) is 11.1 Å². The van der Waals surface area contributed by atoms with Gasteiger partial charge in [0.25, 0.3) is 0 Å². The average Bonchev–Trinajstić information content (AvgIpc) is 2.67. The predicted octanol–water partition coefficient (Wildman–Crippen LogP) is 4.61. The minimum Gasteiger partial charge on any atom is -0.378 e. The zero-order valence-corrected chi connectivity index (χ0v) is 14.0. The van der Waals surface area contributed by atoms with Gasteiger partial charge in [0.1, 0.15) is 0 Å². The van der Waals surface area contributed by atoms with Gasteiger partial charge in [-0.2, -0.15) is 18.4 Å². The molecule has 2 aromatic rings. The van der Waals surface area contributed by atoms with Crippen molar-refractivity contribution in [2.24, 2.45) is 0 Å². The van der Waals surface area contributed by atoms with Gasteiger partial charge in [-0.1, -0.05) is 24.3 Å². The maximum absolute atomic E-state index is 12.9. The molecule has 1 saturated heterocycles. The van der Waals surface area contributed by atoms with Crippen molar-refractivity contribution < 1.29 is 17.9 Å². The SMILES string of the molecule is N#C/C(=C/c1ccc(N2CCOCC2)cc1)c1cccc(C(F)(F)F)c1. The van der Waals surface area contributed by atoms with Crippen LogP contribution in [0.1, 0.15) is 16.7 Å². The number of halogens is 3. The summed E-state index contributed by atoms with van der Waals surface area (Å²) in [4.78, 5) is 2.20. The van der Waals surface area contributed by atoms with Gasteiger partial charge in [-0.05, 0) is 41.5 Å². The van der Waals surface area contributed by atoms with E-state index in [0.717, 1.165) is 36.5 Å². The van der Waals surface area contributed by atoms with Gasteiger partial charge in [-0.15, -0.1) is 0 Å². The third-order valence-corrected chi connectivity index (χ3v) is 4.20. The van der Waals surface area contributed by atoms with Crippen LogP contribution in [-0.2, 0) is 10.9 Å². The first-order valence-corrected chi connectivity index (χ1v) is 8.19. The monoisotopic (exact) mass is 358 g/mol. The maximum atomic E-state index is 12.9. The van der Waals surface area contributed by atoms with Gasteiger partial charge in [-0.3, -0.25) is 0 Å². The van der Waals surface area contributed by atoms with Gasteiger partial charge < -0.3 is 9.64 Å². The molecular formula is C20H17F3N2O. The fourth-order valence-electron chi connectivity index (χ4n) is 2.81. The molecule has 26 heavy (non-hydrogen) atoms. The van der Waals surface area contributed by atoms with Crippen molar-refractivity contribution in [3.8, 4) is 6.07 Å². The number of allylic oxidation sites excluding steroid dienone is 1. The summed E-state index contributed by atoms with van der Waals surface area (Å²) in [6, 6.07) is 14.4. The highest BCUT2D eigenvalue weighted by molar-refractivity contribution is 5.89. The molecule has 0 amide bonds. The largest absolute Gasteiger partial charge is 0.416 e. The maximum Gasteiger partial charge on any atom is 0.416 e. The van der Waals surface area contributed by atoms with Crippen LogP contribution in [0.2, 0.25) is 0 Å². The van der Waals surface area contributed by atoms with E-state index in [2.05, 4.69) is 4.90 Å². The lowest BCUT2D eigenvalue weighted by atomic mass is 10.0. The lowest BCUT2D eigenvalue weighted by Gasteiger charge is -2.28. The second kappa shape index (κ2) is 7.63. The van der Waals surface area contributed by atoms with E-state index in [4.69, 9.17) is 4.74 Å². The van der Waals surface area contributed by atoms with Crippen LogP contribution in [0.15, 0.2) is 48.5 Å². The molecule has 0 atom stereocenters. The van der Waals surface area contributed by atoms with Crippen molar-refractivity contribution in [1.29, 1.82) is 5.26 Å². The third-order valence-electron chi connectivity index (χ3n) is 4.20. The molecule has 3 rings (SSSR count). The van der Waals surface area contributed by atoms with E-state index in [1.54, 1.807) is 6.08 Å². The van der Waals surface area contributed by atoms with Crippen LogP contribution in [0.25, 0.3) is 11.6 Å². The van der Waals surface area contributed by atoms with E-state index < -0.39 is 11.7 Å². The number of alkyl halides is 3. The third kappa shape index (κ3) is 4.24. The van der Waals surface area contributed by atoms with Gasteiger partial charge in [0, 0.05) is 18.8 Å². The van der Waals surface area contributed by atoms with Crippen molar-refractivity contribution in [3.63, 3.8) is 0 Å². The highest BCUT2D eigenvalue weighted by Gasteiger charge is 2.30. The predicted molar refractivity (Wildman–Crippen MR) is 94.4 cm³/mol. The van der Waals surface area contributed by atoms with Gasteiger partial charge >= 0.3 is 6.18 Å². The molecular weight excluding hydrogens is 341 g/mol. The number of nitriles is 1. The molecule has 3 nitrogen and oxygen atoms in total. The zero-order valence-electron chi connectivity index (χ0n) is 14.0. The van der Waals surface area contributed by atoms with Crippen LogP contribution in [-0.4, -0.2) is 26.3 Å². The van der Waals surface area contributed by atoms with Gasteiger partial charge in [-0.25, -0.2) is 0 Å². The number of hydrogen-bond acceptors (Lipinski definition) is 3. The highest BCUT2D eigenvalue weighted by atomic mass is 19.4. The molecule has 1 aliphatic heterocycles. The van der Waals surface area contributed by atoms with Crippen LogP contribution in [0.4, 0.5) is 18.9 Å². The minimum absolute atomic E-state index is 0.190. The van der Waals surface area contributed by atoms with Crippen molar-refractivity contribution in [1.82, 2.24) is 0 Å². The molecule has 6 heteroatoms. The first-order chi connectivity index (χ1) is 12.5. The second-order valence-electron chi connectivity index (χ2n) is 5.94. The molecule has 0 spiro atoms. The molecule has 0 aromatic heterocycles. The Hall–Kier alpha value is -2.78. The first kappa shape index (κ1) is 18.0. The van der Waals surface area contributed by atoms with Gasteiger partial charge in [0.05, 0.1) is 30.4 Å². The van der Waals surface area contributed by atoms with Crippen LogP contribution in [0.3, 0.4) is 0 Å². The van der Waals surface area contributed by atoms with E-state index in [1.807, 2.05) is 30.3 Å². The Balaban J connectivity index is 1.84. The Morgan fingerprint density at radius 2 is 1.77 bits per heavy atom. The number of nitrogens with zero attached hydrogens (tertiary/aromatic N) is 2. The number of ether oxygens (including phenoxy) is 1. The van der Waals surface area contributed by atoms with E-state index in [9.17, 15) is 18.4 Å². The number of morpholine rings is 1. The first-order valence-electron chi connectivity index (χ1n) is 8.19. The molecule has 0 radical (unpaired) electrons. The van der Waals surface area contributed by atoms with E-state index in [1.165, 1.54) is 12.1 Å². The van der Waals surface area contributed by atoms with E-state index >= 15 is 0 Å². The van der Waals surface area contributed by atoms with Crippen LogP contribution < -0.4 is 4.90 Å². The summed E-state index contributed by atoms with van der Waals surface area (Å²) in [5.74, 6) is 0. The van der Waals surface area contributed by atoms with E-state index in [0.29, 0.717) is 13.2 Å². The normalized spacial score (nSPS) is 15.6. The Morgan fingerprint density at radius 3 is 2.38 bits per heavy atom. The minimum atomic E-state index is -4.43. The zero-order chi connectivity index (χ0) is 18.6. The van der Waals surface area contributed by atoms with Crippen LogP contribution in [0, 0.1) is 11.3 Å². The average molecular weight is 358 g/mol. The standard InChI is InChI=1S/C20H17F3N2O/c21-20(22,23)18-3-1-2-16(13-18)17(14-24)12-15-4-6-19(7-5-15)25-8-10-26-11-9-25/h1-7,12-13H,8-11H2/b17-12-. The molecule has 134 valence electrons. The lowest BCUT2D eigenvalue weighted by molar-refractivity contribution is -0.137. The Morgan fingerprint density at radius 1 is 1.08 bits per heavy atom. The van der Waals surface area contributed by atoms with Crippen molar-refractivity contribution in [2.75, 3.05) is 31.2 Å². The van der Waals surface area contributed by atoms with Gasteiger partial charge in [0.15, 0.2) is 0 Å². The number of anilines is 1. The highest BCUT2D eigenvalue weighted by Crippen LogP contribution is 2.31.